The zero-order valence-electron chi connectivity index (χ0n) is 11.3. The van der Waals surface area contributed by atoms with Crippen molar-refractivity contribution in [3.63, 3.8) is 0 Å². The summed E-state index contributed by atoms with van der Waals surface area (Å²) in [5.74, 6) is 0.0165. The van der Waals surface area contributed by atoms with E-state index in [9.17, 15) is 4.79 Å². The van der Waals surface area contributed by atoms with E-state index in [1.54, 1.807) is 0 Å². The van der Waals surface area contributed by atoms with Gasteiger partial charge in [0.2, 0.25) is 0 Å². The molecule has 1 fully saturated rings. The van der Waals surface area contributed by atoms with Crippen LogP contribution in [0.15, 0.2) is 30.3 Å². The second-order valence-electron chi connectivity index (χ2n) is 5.56. The van der Waals surface area contributed by atoms with Gasteiger partial charge in [0.1, 0.15) is 0 Å². The highest BCUT2D eigenvalue weighted by Gasteiger charge is 2.29. The van der Waals surface area contributed by atoms with E-state index in [1.807, 2.05) is 30.3 Å². The molecule has 0 aromatic heterocycles. The summed E-state index contributed by atoms with van der Waals surface area (Å²) in [6.45, 7) is 7.39. The number of benzene rings is 1. The molecule has 18 heavy (non-hydrogen) atoms. The summed E-state index contributed by atoms with van der Waals surface area (Å²) in [5.41, 5.74) is 0.774. The van der Waals surface area contributed by atoms with E-state index in [2.05, 4.69) is 24.1 Å². The smallest absolute Gasteiger partial charge is 0.251 e. The van der Waals surface area contributed by atoms with Crippen LogP contribution in [0.1, 0.15) is 37.0 Å². The summed E-state index contributed by atoms with van der Waals surface area (Å²) in [7, 11) is 0. The molecule has 98 valence electrons. The maximum Gasteiger partial charge on any atom is 0.251 e. The molecule has 1 aliphatic rings. The Morgan fingerprint density at radius 2 is 1.83 bits per heavy atom. The van der Waals surface area contributed by atoms with E-state index in [4.69, 9.17) is 0 Å². The van der Waals surface area contributed by atoms with E-state index in [0.29, 0.717) is 6.54 Å². The number of carbonyl (C=O) groups excluding carboxylic acids is 1. The van der Waals surface area contributed by atoms with Gasteiger partial charge in [0.05, 0.1) is 0 Å². The number of rotatable bonds is 4. The first-order valence-corrected chi connectivity index (χ1v) is 6.68. The van der Waals surface area contributed by atoms with E-state index < -0.39 is 0 Å². The first kappa shape index (κ1) is 13.1. The van der Waals surface area contributed by atoms with Crippen molar-refractivity contribution in [1.29, 1.82) is 0 Å². The predicted octanol–water partition coefficient (Wildman–Crippen LogP) is 2.29. The largest absolute Gasteiger partial charge is 0.350 e. The average molecular weight is 246 g/mol. The molecular formula is C15H22N2O. The van der Waals surface area contributed by atoms with Gasteiger partial charge in [-0.05, 0) is 51.9 Å². The highest BCUT2D eigenvalue weighted by Crippen LogP contribution is 2.20. The summed E-state index contributed by atoms with van der Waals surface area (Å²) in [5, 5.41) is 3.04. The van der Waals surface area contributed by atoms with Crippen molar-refractivity contribution in [2.24, 2.45) is 0 Å². The van der Waals surface area contributed by atoms with Gasteiger partial charge < -0.3 is 5.32 Å². The summed E-state index contributed by atoms with van der Waals surface area (Å²) >= 11 is 0. The van der Waals surface area contributed by atoms with Gasteiger partial charge in [0.25, 0.3) is 5.91 Å². The molecule has 0 unspecified atom stereocenters. The molecule has 0 spiro atoms. The number of hydrogen-bond donors (Lipinski definition) is 1. The molecular weight excluding hydrogens is 224 g/mol. The number of carbonyl (C=O) groups is 1. The molecule has 1 amide bonds. The molecule has 1 N–H and O–H groups in total. The van der Waals surface area contributed by atoms with E-state index >= 15 is 0 Å². The molecule has 0 saturated carbocycles. The van der Waals surface area contributed by atoms with Gasteiger partial charge in [0, 0.05) is 17.6 Å². The lowest BCUT2D eigenvalue weighted by Crippen LogP contribution is -2.50. The van der Waals surface area contributed by atoms with Gasteiger partial charge in [-0.2, -0.15) is 0 Å². The number of nitrogens with one attached hydrogen (secondary N) is 1. The quantitative estimate of drug-likeness (QED) is 0.884. The van der Waals surface area contributed by atoms with Crippen LogP contribution in [0.4, 0.5) is 0 Å². The Labute approximate surface area is 109 Å². The SMILES string of the molecule is CC(C)(CNC(=O)c1ccccc1)N1CCCC1. The van der Waals surface area contributed by atoms with Gasteiger partial charge in [0.15, 0.2) is 0 Å². The molecule has 3 nitrogen and oxygen atoms in total. The fraction of sp³-hybridized carbons (Fsp3) is 0.533. The van der Waals surface area contributed by atoms with Crippen LogP contribution in [0, 0.1) is 0 Å². The first-order valence-electron chi connectivity index (χ1n) is 6.68. The maximum absolute atomic E-state index is 12.0. The second-order valence-corrected chi connectivity index (χ2v) is 5.56. The van der Waals surface area contributed by atoms with Crippen molar-refractivity contribution in [3.05, 3.63) is 35.9 Å². The molecule has 1 heterocycles. The third-order valence-corrected chi connectivity index (χ3v) is 3.68. The third-order valence-electron chi connectivity index (χ3n) is 3.68. The Bertz CT molecular complexity index is 394. The molecule has 0 bridgehead atoms. The fourth-order valence-electron chi connectivity index (χ4n) is 2.42. The van der Waals surface area contributed by atoms with Crippen molar-refractivity contribution in [2.45, 2.75) is 32.2 Å². The van der Waals surface area contributed by atoms with Crippen LogP contribution < -0.4 is 5.32 Å². The van der Waals surface area contributed by atoms with Crippen molar-refractivity contribution in [3.8, 4) is 0 Å². The number of amides is 1. The lowest BCUT2D eigenvalue weighted by atomic mass is 10.0. The van der Waals surface area contributed by atoms with Gasteiger partial charge in [-0.25, -0.2) is 0 Å². The summed E-state index contributed by atoms with van der Waals surface area (Å²) in [6.07, 6.45) is 2.55. The maximum atomic E-state index is 12.0. The lowest BCUT2D eigenvalue weighted by Gasteiger charge is -2.35. The average Bonchev–Trinajstić information content (AvgIpc) is 2.92. The van der Waals surface area contributed by atoms with Crippen molar-refractivity contribution in [2.75, 3.05) is 19.6 Å². The first-order chi connectivity index (χ1) is 8.59. The Kier molecular flexibility index (Phi) is 4.02. The van der Waals surface area contributed by atoms with Crippen LogP contribution in [-0.2, 0) is 0 Å². The highest BCUT2D eigenvalue weighted by molar-refractivity contribution is 5.94. The summed E-state index contributed by atoms with van der Waals surface area (Å²) < 4.78 is 0. The van der Waals surface area contributed by atoms with Gasteiger partial charge >= 0.3 is 0 Å². The second kappa shape index (κ2) is 5.53. The minimum atomic E-state index is 0.0165. The number of likely N-dealkylation sites (tertiary alicyclic amines) is 1. The minimum Gasteiger partial charge on any atom is -0.350 e. The predicted molar refractivity (Wildman–Crippen MR) is 73.7 cm³/mol. The van der Waals surface area contributed by atoms with Crippen LogP contribution in [0.2, 0.25) is 0 Å². The Morgan fingerprint density at radius 3 is 2.44 bits per heavy atom. The Morgan fingerprint density at radius 1 is 1.22 bits per heavy atom. The van der Waals surface area contributed by atoms with Gasteiger partial charge in [-0.1, -0.05) is 18.2 Å². The zero-order valence-corrected chi connectivity index (χ0v) is 11.3. The molecule has 3 heteroatoms. The van der Waals surface area contributed by atoms with Crippen LogP contribution in [0.3, 0.4) is 0 Å². The zero-order chi connectivity index (χ0) is 13.0. The minimum absolute atomic E-state index is 0.0165. The number of hydrogen-bond acceptors (Lipinski definition) is 2. The summed E-state index contributed by atoms with van der Waals surface area (Å²) in [4.78, 5) is 14.4. The van der Waals surface area contributed by atoms with E-state index in [0.717, 1.165) is 18.7 Å². The van der Waals surface area contributed by atoms with Crippen LogP contribution in [-0.4, -0.2) is 36.0 Å². The summed E-state index contributed by atoms with van der Waals surface area (Å²) in [6, 6.07) is 9.39. The molecule has 1 saturated heterocycles. The van der Waals surface area contributed by atoms with Crippen LogP contribution in [0.5, 0.6) is 0 Å². The van der Waals surface area contributed by atoms with Crippen LogP contribution in [0.25, 0.3) is 0 Å². The van der Waals surface area contributed by atoms with Gasteiger partial charge in [-0.15, -0.1) is 0 Å². The monoisotopic (exact) mass is 246 g/mol. The lowest BCUT2D eigenvalue weighted by molar-refractivity contribution is 0.0902. The Balaban J connectivity index is 1.89. The van der Waals surface area contributed by atoms with E-state index in [-0.39, 0.29) is 11.4 Å². The van der Waals surface area contributed by atoms with Crippen molar-refractivity contribution in [1.82, 2.24) is 10.2 Å². The topological polar surface area (TPSA) is 32.3 Å². The highest BCUT2D eigenvalue weighted by atomic mass is 16.1. The molecule has 1 aliphatic heterocycles. The number of nitrogens with zero attached hydrogens (tertiary/aromatic N) is 1. The molecule has 1 aromatic rings. The normalized spacial score (nSPS) is 16.8. The molecule has 0 atom stereocenters. The van der Waals surface area contributed by atoms with Gasteiger partial charge in [-0.3, -0.25) is 9.69 Å². The van der Waals surface area contributed by atoms with Crippen LogP contribution >= 0.6 is 0 Å². The fourth-order valence-corrected chi connectivity index (χ4v) is 2.42. The third kappa shape index (κ3) is 3.10. The molecule has 2 rings (SSSR count). The standard InChI is InChI=1S/C15H22N2O/c1-15(2,17-10-6-7-11-17)12-16-14(18)13-8-4-3-5-9-13/h3-5,8-9H,6-7,10-12H2,1-2H3,(H,16,18). The van der Waals surface area contributed by atoms with Crippen molar-refractivity contribution < 1.29 is 4.79 Å². The molecule has 0 aliphatic carbocycles. The molecule has 1 aromatic carbocycles. The van der Waals surface area contributed by atoms with Crippen molar-refractivity contribution >= 4 is 5.91 Å². The molecule has 0 radical (unpaired) electrons. The Hall–Kier alpha value is -1.35. The van der Waals surface area contributed by atoms with E-state index in [1.165, 1.54) is 12.8 Å².